The first-order chi connectivity index (χ1) is 21.2. The van der Waals surface area contributed by atoms with Crippen molar-refractivity contribution in [1.82, 2.24) is 10.3 Å². The minimum Gasteiger partial charge on any atom is -0.493 e. The van der Waals surface area contributed by atoms with E-state index in [1.807, 2.05) is 0 Å². The van der Waals surface area contributed by atoms with E-state index in [2.05, 4.69) is 15.0 Å². The lowest BCUT2D eigenvalue weighted by atomic mass is 10.0. The molecule has 2 aliphatic rings. The van der Waals surface area contributed by atoms with Crippen LogP contribution in [0.2, 0.25) is 10.0 Å². The maximum atomic E-state index is 13.6. The highest BCUT2D eigenvalue weighted by atomic mass is 35.5. The Labute approximate surface area is 262 Å². The Hall–Kier alpha value is -3.67. The van der Waals surface area contributed by atoms with Crippen LogP contribution >= 0.6 is 23.2 Å². The average molecular weight is 651 g/mol. The second-order valence-corrected chi connectivity index (χ2v) is 11.3. The Morgan fingerprint density at radius 1 is 1.00 bits per heavy atom. The molecule has 13 heteroatoms. The van der Waals surface area contributed by atoms with Crippen molar-refractivity contribution in [2.24, 2.45) is 5.92 Å². The maximum absolute atomic E-state index is 13.6. The smallest absolute Gasteiger partial charge is 0.387 e. The number of alkyl halides is 2. The van der Waals surface area contributed by atoms with Crippen LogP contribution in [0.3, 0.4) is 0 Å². The number of carbonyl (C=O) groups is 2. The quantitative estimate of drug-likeness (QED) is 0.162. The van der Waals surface area contributed by atoms with Gasteiger partial charge in [-0.05, 0) is 79.6 Å². The van der Waals surface area contributed by atoms with Crippen molar-refractivity contribution < 1.29 is 42.1 Å². The van der Waals surface area contributed by atoms with Gasteiger partial charge in [-0.2, -0.15) is 8.78 Å². The first-order valence-electron chi connectivity index (χ1n) is 14.0. The Balaban J connectivity index is 1.44. The molecule has 1 saturated heterocycles. The molecular weight excluding hydrogens is 621 g/mol. The monoisotopic (exact) mass is 650 g/mol. The van der Waals surface area contributed by atoms with Crippen molar-refractivity contribution in [2.75, 3.05) is 20.3 Å². The van der Waals surface area contributed by atoms with Crippen LogP contribution in [-0.4, -0.2) is 49.8 Å². The summed E-state index contributed by atoms with van der Waals surface area (Å²) in [5, 5.41) is 3.57. The molecule has 2 aromatic carbocycles. The van der Waals surface area contributed by atoms with E-state index >= 15 is 0 Å². The third-order valence-corrected chi connectivity index (χ3v) is 7.92. The lowest BCUT2D eigenvalue weighted by molar-refractivity contribution is -0.136. The molecule has 1 saturated carbocycles. The van der Waals surface area contributed by atoms with E-state index in [4.69, 9.17) is 42.1 Å². The van der Waals surface area contributed by atoms with Gasteiger partial charge < -0.3 is 29.0 Å². The Bertz CT molecular complexity index is 1480. The zero-order chi connectivity index (χ0) is 31.2. The van der Waals surface area contributed by atoms with Crippen molar-refractivity contribution in [3.05, 3.63) is 75.5 Å². The summed E-state index contributed by atoms with van der Waals surface area (Å²) < 4.78 is 53.6. The molecule has 1 N–H and O–H groups in total. The standard InChI is InChI=1S/C31H30Cl2F2N2O7/c1-40-24-8-7-19(12-28(24)43-30(39)23-3-2-10-37-23)29(38)42-26(13-20-21(32)14-36-15-22(20)33)18-6-9-25(44-31(34)35)27(11-18)41-16-17-4-5-17/h6-9,11-12,14-15,17,23,26,31,37H,2-5,10,13,16H2,1H3/t23-,26-/m0/s1. The molecule has 2 fully saturated rings. The van der Waals surface area contributed by atoms with Gasteiger partial charge in [-0.3, -0.25) is 4.98 Å². The first kappa shape index (κ1) is 31.7. The summed E-state index contributed by atoms with van der Waals surface area (Å²) in [6, 6.07) is 8.20. The Morgan fingerprint density at radius 2 is 1.75 bits per heavy atom. The highest BCUT2D eigenvalue weighted by Gasteiger charge is 2.28. The fraction of sp³-hybridized carbons (Fsp3) is 0.387. The summed E-state index contributed by atoms with van der Waals surface area (Å²) in [6.07, 6.45) is 5.30. The normalized spacial score (nSPS) is 16.8. The van der Waals surface area contributed by atoms with E-state index in [0.717, 1.165) is 19.3 Å². The predicted molar refractivity (Wildman–Crippen MR) is 157 cm³/mol. The molecular formula is C31H30Cl2F2N2O7. The summed E-state index contributed by atoms with van der Waals surface area (Å²) in [5.41, 5.74) is 0.956. The largest absolute Gasteiger partial charge is 0.493 e. The average Bonchev–Trinajstić information content (AvgIpc) is 3.66. The third kappa shape index (κ3) is 8.08. The van der Waals surface area contributed by atoms with E-state index in [-0.39, 0.29) is 45.0 Å². The summed E-state index contributed by atoms with van der Waals surface area (Å²) >= 11 is 12.8. The molecule has 0 bridgehead atoms. The van der Waals surface area contributed by atoms with Gasteiger partial charge in [0.05, 0.1) is 29.3 Å². The van der Waals surface area contributed by atoms with Gasteiger partial charge in [-0.1, -0.05) is 29.3 Å². The zero-order valence-corrected chi connectivity index (χ0v) is 25.2. The van der Waals surface area contributed by atoms with Crippen LogP contribution < -0.4 is 24.3 Å². The van der Waals surface area contributed by atoms with Gasteiger partial charge in [-0.25, -0.2) is 9.59 Å². The molecule has 1 aliphatic heterocycles. The van der Waals surface area contributed by atoms with Crippen LogP contribution in [0.15, 0.2) is 48.8 Å². The minimum atomic E-state index is -3.06. The molecule has 0 unspecified atom stereocenters. The van der Waals surface area contributed by atoms with Gasteiger partial charge in [0.2, 0.25) is 0 Å². The maximum Gasteiger partial charge on any atom is 0.387 e. The molecule has 1 aliphatic carbocycles. The highest BCUT2D eigenvalue weighted by Crippen LogP contribution is 2.38. The number of rotatable bonds is 13. The van der Waals surface area contributed by atoms with Crippen LogP contribution in [0, 0.1) is 5.92 Å². The SMILES string of the molecule is COc1ccc(C(=O)O[C@@H](Cc2c(Cl)cncc2Cl)c2ccc(OC(F)F)c(OCC3CC3)c2)cc1OC(=O)[C@@H]1CCCN1. The minimum absolute atomic E-state index is 0.0222. The number of hydrogen-bond donors (Lipinski definition) is 1. The predicted octanol–water partition coefficient (Wildman–Crippen LogP) is 6.59. The molecule has 2 atom stereocenters. The molecule has 0 radical (unpaired) electrons. The molecule has 0 spiro atoms. The van der Waals surface area contributed by atoms with Gasteiger partial charge in [-0.15, -0.1) is 0 Å². The second-order valence-electron chi connectivity index (χ2n) is 10.5. The lowest BCUT2D eigenvalue weighted by Gasteiger charge is -2.22. The summed E-state index contributed by atoms with van der Waals surface area (Å²) in [4.78, 5) is 30.2. The van der Waals surface area contributed by atoms with Crippen molar-refractivity contribution in [3.63, 3.8) is 0 Å². The van der Waals surface area contributed by atoms with Crippen molar-refractivity contribution >= 4 is 35.1 Å². The molecule has 3 aromatic rings. The van der Waals surface area contributed by atoms with Crippen LogP contribution in [0.1, 0.15) is 53.3 Å². The van der Waals surface area contributed by atoms with Gasteiger partial charge in [0.15, 0.2) is 23.0 Å². The Kier molecular flexibility index (Phi) is 10.4. The van der Waals surface area contributed by atoms with Crippen molar-refractivity contribution in [3.8, 4) is 23.0 Å². The van der Waals surface area contributed by atoms with E-state index in [1.165, 1.54) is 55.9 Å². The van der Waals surface area contributed by atoms with Gasteiger partial charge in [0.25, 0.3) is 0 Å². The zero-order valence-electron chi connectivity index (χ0n) is 23.7. The van der Waals surface area contributed by atoms with Gasteiger partial charge >= 0.3 is 18.6 Å². The number of hydrogen-bond acceptors (Lipinski definition) is 9. The second kappa shape index (κ2) is 14.4. The molecule has 1 aromatic heterocycles. The number of nitrogens with zero attached hydrogens (tertiary/aromatic N) is 1. The Morgan fingerprint density at radius 3 is 2.41 bits per heavy atom. The molecule has 44 heavy (non-hydrogen) atoms. The number of nitrogens with one attached hydrogen (secondary N) is 1. The summed E-state index contributed by atoms with van der Waals surface area (Å²) in [5.74, 6) is -0.660. The van der Waals surface area contributed by atoms with Crippen LogP contribution in [-0.2, 0) is 16.0 Å². The number of benzene rings is 2. The lowest BCUT2D eigenvalue weighted by Crippen LogP contribution is -2.34. The number of pyridine rings is 1. The summed E-state index contributed by atoms with van der Waals surface area (Å²) in [7, 11) is 1.42. The number of ether oxygens (including phenoxy) is 5. The van der Waals surface area contributed by atoms with Crippen molar-refractivity contribution in [1.29, 1.82) is 0 Å². The molecule has 5 rings (SSSR count). The molecule has 234 valence electrons. The van der Waals surface area contributed by atoms with Crippen molar-refractivity contribution in [2.45, 2.75) is 50.9 Å². The topological polar surface area (TPSA) is 105 Å². The van der Waals surface area contributed by atoms with Crippen LogP contribution in [0.4, 0.5) is 8.78 Å². The fourth-order valence-corrected chi connectivity index (χ4v) is 5.23. The molecule has 9 nitrogen and oxygen atoms in total. The number of aromatic nitrogens is 1. The third-order valence-electron chi connectivity index (χ3n) is 7.27. The van der Waals surface area contributed by atoms with Crippen LogP contribution in [0.5, 0.6) is 23.0 Å². The summed E-state index contributed by atoms with van der Waals surface area (Å²) in [6.45, 7) is -2.02. The molecule has 0 amide bonds. The number of halogens is 4. The number of esters is 2. The number of carbonyl (C=O) groups excluding carboxylic acids is 2. The van der Waals surface area contributed by atoms with E-state index in [0.29, 0.717) is 36.6 Å². The van der Waals surface area contributed by atoms with Crippen LogP contribution in [0.25, 0.3) is 0 Å². The highest BCUT2D eigenvalue weighted by molar-refractivity contribution is 6.35. The van der Waals surface area contributed by atoms with Gasteiger partial charge in [0, 0.05) is 18.8 Å². The first-order valence-corrected chi connectivity index (χ1v) is 14.8. The fourth-order valence-electron chi connectivity index (χ4n) is 4.72. The van der Waals surface area contributed by atoms with E-state index < -0.39 is 30.7 Å². The number of methoxy groups -OCH3 is 1. The van der Waals surface area contributed by atoms with E-state index in [9.17, 15) is 18.4 Å². The molecule has 2 heterocycles. The van der Waals surface area contributed by atoms with Gasteiger partial charge in [0.1, 0.15) is 12.1 Å². The van der Waals surface area contributed by atoms with E-state index in [1.54, 1.807) is 0 Å².